The van der Waals surface area contributed by atoms with Crippen molar-refractivity contribution in [3.05, 3.63) is 35.0 Å². The summed E-state index contributed by atoms with van der Waals surface area (Å²) in [4.78, 5) is 7.88. The van der Waals surface area contributed by atoms with E-state index in [9.17, 15) is 10.2 Å². The number of rotatable bonds is 5. The van der Waals surface area contributed by atoms with Crippen LogP contribution in [0.1, 0.15) is 29.3 Å². The summed E-state index contributed by atoms with van der Waals surface area (Å²) in [6.45, 7) is 1.46. The van der Waals surface area contributed by atoms with Crippen LogP contribution < -0.4 is 9.47 Å². The van der Waals surface area contributed by atoms with E-state index >= 15 is 0 Å². The number of piperidine rings is 1. The molecule has 0 amide bonds. The Hall–Kier alpha value is -2.36. The molecule has 1 aliphatic rings. The molecule has 0 bridgehead atoms. The predicted molar refractivity (Wildman–Crippen MR) is 101 cm³/mol. The van der Waals surface area contributed by atoms with Crippen molar-refractivity contribution in [3.63, 3.8) is 0 Å². The van der Waals surface area contributed by atoms with Gasteiger partial charge in [0.25, 0.3) is 0 Å². The highest BCUT2D eigenvalue weighted by molar-refractivity contribution is 7.17. The van der Waals surface area contributed by atoms with Crippen molar-refractivity contribution < 1.29 is 19.7 Å². The lowest BCUT2D eigenvalue weighted by atomic mass is 9.99. The van der Waals surface area contributed by atoms with Gasteiger partial charge in [-0.1, -0.05) is 17.4 Å². The summed E-state index contributed by atoms with van der Waals surface area (Å²) in [7, 11) is 3.21. The molecule has 144 valence electrons. The van der Waals surface area contributed by atoms with E-state index in [0.717, 1.165) is 23.5 Å². The summed E-state index contributed by atoms with van der Waals surface area (Å²) >= 11 is 1.41. The lowest BCUT2D eigenvalue weighted by Gasteiger charge is -2.36. The van der Waals surface area contributed by atoms with Gasteiger partial charge >= 0.3 is 0 Å². The van der Waals surface area contributed by atoms with E-state index in [1.165, 1.54) is 22.2 Å². The molecule has 3 heterocycles. The SMILES string of the molecule is COc1ccc([C@@H](c2sc3ncnn3c2O)N2CCC(O)CC2)cc1OC. The molecule has 4 rings (SSSR count). The van der Waals surface area contributed by atoms with Gasteiger partial charge in [-0.05, 0) is 30.5 Å². The normalized spacial score (nSPS) is 17.3. The van der Waals surface area contributed by atoms with Gasteiger partial charge in [0.2, 0.25) is 10.8 Å². The molecular weight excluding hydrogens is 368 g/mol. The fraction of sp³-hybridized carbons (Fsp3) is 0.444. The molecule has 0 unspecified atom stereocenters. The van der Waals surface area contributed by atoms with Gasteiger partial charge in [0.15, 0.2) is 11.5 Å². The molecule has 0 spiro atoms. The molecule has 1 aliphatic heterocycles. The van der Waals surface area contributed by atoms with Crippen molar-refractivity contribution in [1.29, 1.82) is 0 Å². The summed E-state index contributed by atoms with van der Waals surface area (Å²) < 4.78 is 12.3. The molecule has 1 atom stereocenters. The maximum atomic E-state index is 10.8. The van der Waals surface area contributed by atoms with Crippen LogP contribution >= 0.6 is 11.3 Å². The predicted octanol–water partition coefficient (Wildman–Crippen LogP) is 2.06. The lowest BCUT2D eigenvalue weighted by Crippen LogP contribution is -2.38. The maximum absolute atomic E-state index is 10.8. The van der Waals surface area contributed by atoms with Crippen LogP contribution in [-0.2, 0) is 0 Å². The summed E-state index contributed by atoms with van der Waals surface area (Å²) in [6, 6.07) is 5.59. The average Bonchev–Trinajstić information content (AvgIpc) is 3.27. The third-order valence-corrected chi connectivity index (χ3v) is 6.06. The molecule has 9 heteroatoms. The van der Waals surface area contributed by atoms with E-state index in [4.69, 9.17) is 9.47 Å². The Morgan fingerprint density at radius 2 is 1.93 bits per heavy atom. The van der Waals surface area contributed by atoms with E-state index in [-0.39, 0.29) is 18.0 Å². The highest BCUT2D eigenvalue weighted by Gasteiger charge is 2.32. The van der Waals surface area contributed by atoms with Gasteiger partial charge < -0.3 is 19.7 Å². The zero-order chi connectivity index (χ0) is 19.0. The third kappa shape index (κ3) is 3.22. The highest BCUT2D eigenvalue weighted by atomic mass is 32.1. The molecule has 0 radical (unpaired) electrons. The molecular formula is C18H22N4O4S. The van der Waals surface area contributed by atoms with Crippen molar-refractivity contribution in [2.45, 2.75) is 25.0 Å². The fourth-order valence-electron chi connectivity index (χ4n) is 3.57. The minimum absolute atomic E-state index is 0.0957. The number of aromatic nitrogens is 3. The molecule has 1 saturated heterocycles. The Kier molecular flexibility index (Phi) is 4.90. The quantitative estimate of drug-likeness (QED) is 0.689. The molecule has 1 aromatic carbocycles. The van der Waals surface area contributed by atoms with Gasteiger partial charge in [-0.15, -0.1) is 0 Å². The van der Waals surface area contributed by atoms with E-state index in [1.807, 2.05) is 18.2 Å². The number of likely N-dealkylation sites (tertiary alicyclic amines) is 1. The zero-order valence-electron chi connectivity index (χ0n) is 15.2. The second-order valence-electron chi connectivity index (χ2n) is 6.53. The molecule has 0 saturated carbocycles. The molecule has 2 N–H and O–H groups in total. The van der Waals surface area contributed by atoms with Crippen molar-refractivity contribution in [1.82, 2.24) is 19.5 Å². The maximum Gasteiger partial charge on any atom is 0.230 e. The van der Waals surface area contributed by atoms with Crippen LogP contribution in [0.25, 0.3) is 4.96 Å². The standard InChI is InChI=1S/C18H22N4O4S/c1-25-13-4-3-11(9-14(13)26-2)15(21-7-5-12(23)6-8-21)16-17(24)22-18(27-16)19-10-20-22/h3-4,9-10,12,15,23-24H,5-8H2,1-2H3/t15-/m0/s1. The van der Waals surface area contributed by atoms with Gasteiger partial charge in [-0.2, -0.15) is 9.61 Å². The van der Waals surface area contributed by atoms with Crippen LogP contribution in [0.4, 0.5) is 0 Å². The Labute approximate surface area is 160 Å². The second kappa shape index (κ2) is 7.34. The minimum atomic E-state index is -0.275. The molecule has 2 aromatic heterocycles. The number of fused-ring (bicyclic) bond motifs is 1. The Balaban J connectivity index is 1.81. The third-order valence-electron chi connectivity index (χ3n) is 4.97. The number of aromatic hydroxyl groups is 1. The summed E-state index contributed by atoms with van der Waals surface area (Å²) in [5.41, 5.74) is 0.976. The first-order valence-corrected chi connectivity index (χ1v) is 9.59. The number of aliphatic hydroxyl groups excluding tert-OH is 1. The van der Waals surface area contributed by atoms with E-state index < -0.39 is 0 Å². The van der Waals surface area contributed by atoms with E-state index in [0.29, 0.717) is 29.3 Å². The largest absolute Gasteiger partial charge is 0.493 e. The van der Waals surface area contributed by atoms with Crippen LogP contribution in [0, 0.1) is 0 Å². The van der Waals surface area contributed by atoms with Crippen molar-refractivity contribution in [2.24, 2.45) is 0 Å². The van der Waals surface area contributed by atoms with Gasteiger partial charge in [0.05, 0.1) is 31.2 Å². The lowest BCUT2D eigenvalue weighted by molar-refractivity contribution is 0.0689. The van der Waals surface area contributed by atoms with Gasteiger partial charge in [0, 0.05) is 13.1 Å². The topological polar surface area (TPSA) is 92.4 Å². The zero-order valence-corrected chi connectivity index (χ0v) is 16.0. The molecule has 8 nitrogen and oxygen atoms in total. The fourth-order valence-corrected chi connectivity index (χ4v) is 4.66. The minimum Gasteiger partial charge on any atom is -0.493 e. The van der Waals surface area contributed by atoms with Gasteiger partial charge in [0.1, 0.15) is 6.33 Å². The number of hydrogen-bond donors (Lipinski definition) is 2. The Morgan fingerprint density at radius 1 is 1.19 bits per heavy atom. The number of aliphatic hydroxyl groups is 1. The van der Waals surface area contributed by atoms with E-state index in [2.05, 4.69) is 15.0 Å². The average molecular weight is 390 g/mol. The molecule has 1 fully saturated rings. The van der Waals surface area contributed by atoms with Crippen LogP contribution in [0.15, 0.2) is 24.5 Å². The molecule has 3 aromatic rings. The number of hydrogen-bond acceptors (Lipinski definition) is 8. The van der Waals surface area contributed by atoms with Crippen LogP contribution in [0.5, 0.6) is 17.4 Å². The van der Waals surface area contributed by atoms with Crippen molar-refractivity contribution in [2.75, 3.05) is 27.3 Å². The Bertz CT molecular complexity index is 933. The number of thiazole rings is 1. The Morgan fingerprint density at radius 3 is 2.59 bits per heavy atom. The molecule has 27 heavy (non-hydrogen) atoms. The number of ether oxygens (including phenoxy) is 2. The number of benzene rings is 1. The van der Waals surface area contributed by atoms with E-state index in [1.54, 1.807) is 14.2 Å². The number of nitrogens with zero attached hydrogens (tertiary/aromatic N) is 4. The highest BCUT2D eigenvalue weighted by Crippen LogP contribution is 2.42. The molecule has 0 aliphatic carbocycles. The summed E-state index contributed by atoms with van der Waals surface area (Å²) in [5.74, 6) is 1.38. The first kappa shape index (κ1) is 18.0. The van der Waals surface area contributed by atoms with Gasteiger partial charge in [-0.3, -0.25) is 4.90 Å². The second-order valence-corrected chi connectivity index (χ2v) is 7.54. The first-order chi connectivity index (χ1) is 13.1. The van der Waals surface area contributed by atoms with Gasteiger partial charge in [-0.25, -0.2) is 4.98 Å². The smallest absolute Gasteiger partial charge is 0.230 e. The summed E-state index contributed by atoms with van der Waals surface area (Å²) in [6.07, 6.45) is 2.55. The monoisotopic (exact) mass is 390 g/mol. The first-order valence-electron chi connectivity index (χ1n) is 8.77. The summed E-state index contributed by atoms with van der Waals surface area (Å²) in [5, 5.41) is 24.8. The van der Waals surface area contributed by atoms with Crippen LogP contribution in [-0.4, -0.2) is 63.1 Å². The van der Waals surface area contributed by atoms with Crippen LogP contribution in [0.2, 0.25) is 0 Å². The number of methoxy groups -OCH3 is 2. The van der Waals surface area contributed by atoms with Crippen LogP contribution in [0.3, 0.4) is 0 Å². The van der Waals surface area contributed by atoms with Crippen molar-refractivity contribution >= 4 is 16.3 Å². The van der Waals surface area contributed by atoms with Crippen molar-refractivity contribution in [3.8, 4) is 17.4 Å².